The summed E-state index contributed by atoms with van der Waals surface area (Å²) < 4.78 is 5.92. The molecule has 0 fully saturated rings. The van der Waals surface area contributed by atoms with Crippen molar-refractivity contribution in [2.75, 3.05) is 17.6 Å². The van der Waals surface area contributed by atoms with Crippen molar-refractivity contribution in [2.45, 2.75) is 26.4 Å². The van der Waals surface area contributed by atoms with Crippen LogP contribution in [0.25, 0.3) is 0 Å². The van der Waals surface area contributed by atoms with E-state index in [1.807, 2.05) is 4.98 Å². The number of nitrogens with one attached hydrogen (secondary N) is 3. The van der Waals surface area contributed by atoms with Gasteiger partial charge in [0.05, 0.1) is 0 Å². The zero-order valence-electron chi connectivity index (χ0n) is 12.8. The number of amides is 2. The molecule has 122 valence electrons. The Morgan fingerprint density at radius 3 is 2.45 bits per heavy atom. The number of alkyl carbamates (subject to hydrolysis) is 1. The number of carbonyl (C=O) groups is 2. The lowest BCUT2D eigenvalue weighted by Crippen LogP contribution is -2.39. The quantitative estimate of drug-likeness (QED) is 0.569. The molecule has 1 rings (SSSR count). The fourth-order valence-electron chi connectivity index (χ4n) is 1.41. The Morgan fingerprint density at radius 1 is 1.32 bits per heavy atom. The lowest BCUT2D eigenvalue weighted by molar-refractivity contribution is -0.115. The highest BCUT2D eigenvalue weighted by Crippen LogP contribution is 2.08. The molecule has 1 aromatic rings. The summed E-state index contributed by atoms with van der Waals surface area (Å²) in [6, 6.07) is 0. The molecule has 0 aliphatic rings. The maximum atomic E-state index is 11.7. The normalized spacial score (nSPS) is 10.9. The molecule has 2 amide bonds. The molecule has 0 aliphatic heterocycles. The second-order valence-electron chi connectivity index (χ2n) is 5.48. The van der Waals surface area contributed by atoms with Crippen molar-refractivity contribution in [3.8, 4) is 0 Å². The van der Waals surface area contributed by atoms with Gasteiger partial charge in [0, 0.05) is 7.05 Å². The lowest BCUT2D eigenvalue weighted by Gasteiger charge is -2.19. The molecule has 0 saturated carbocycles. The zero-order valence-corrected chi connectivity index (χ0v) is 12.8. The van der Waals surface area contributed by atoms with Crippen molar-refractivity contribution in [1.82, 2.24) is 14.9 Å². The number of ether oxygens (including phenoxy) is 1. The summed E-state index contributed by atoms with van der Waals surface area (Å²) in [6.45, 7) is 4.61. The van der Waals surface area contributed by atoms with Crippen molar-refractivity contribution >= 4 is 23.5 Å². The molecule has 1 aromatic heterocycles. The highest BCUT2D eigenvalue weighted by atomic mass is 16.6. The van der Waals surface area contributed by atoms with E-state index in [1.54, 1.807) is 20.8 Å². The van der Waals surface area contributed by atoms with Gasteiger partial charge in [0.2, 0.25) is 5.91 Å². The summed E-state index contributed by atoms with van der Waals surface area (Å²) in [4.78, 5) is 48.0. The average Bonchev–Trinajstić information content (AvgIpc) is 2.37. The summed E-state index contributed by atoms with van der Waals surface area (Å²) in [5.74, 6) is -0.888. The number of anilines is 2. The fraction of sp³-hybridized carbons (Fsp3) is 0.500. The maximum absolute atomic E-state index is 11.7. The predicted molar refractivity (Wildman–Crippen MR) is 79.6 cm³/mol. The van der Waals surface area contributed by atoms with Crippen molar-refractivity contribution < 1.29 is 14.3 Å². The van der Waals surface area contributed by atoms with Crippen LogP contribution in [0, 0.1) is 0 Å². The molecular formula is C12H19N5O5. The van der Waals surface area contributed by atoms with Crippen LogP contribution in [-0.4, -0.2) is 33.7 Å². The fourth-order valence-corrected chi connectivity index (χ4v) is 1.41. The van der Waals surface area contributed by atoms with Crippen LogP contribution in [0.1, 0.15) is 20.8 Å². The van der Waals surface area contributed by atoms with E-state index in [0.29, 0.717) is 0 Å². The second-order valence-corrected chi connectivity index (χ2v) is 5.48. The smallest absolute Gasteiger partial charge is 0.408 e. The third-order valence-electron chi connectivity index (χ3n) is 2.43. The van der Waals surface area contributed by atoms with Gasteiger partial charge in [-0.2, -0.15) is 0 Å². The van der Waals surface area contributed by atoms with E-state index in [0.717, 1.165) is 4.57 Å². The minimum Gasteiger partial charge on any atom is -0.444 e. The number of hydrogen-bond donors (Lipinski definition) is 4. The average molecular weight is 313 g/mol. The summed E-state index contributed by atoms with van der Waals surface area (Å²) in [6.07, 6.45) is -0.773. The van der Waals surface area contributed by atoms with Gasteiger partial charge in [-0.05, 0) is 20.8 Å². The van der Waals surface area contributed by atoms with E-state index < -0.39 is 35.4 Å². The van der Waals surface area contributed by atoms with Gasteiger partial charge in [0.25, 0.3) is 5.56 Å². The highest BCUT2D eigenvalue weighted by Gasteiger charge is 2.17. The zero-order chi connectivity index (χ0) is 17.1. The SMILES string of the molecule is Cn1c(N)c(NC(=O)CNC(=O)OC(C)(C)C)c(=O)[nH]c1=O. The van der Waals surface area contributed by atoms with Gasteiger partial charge in [-0.15, -0.1) is 0 Å². The van der Waals surface area contributed by atoms with E-state index in [2.05, 4.69) is 10.6 Å². The van der Waals surface area contributed by atoms with Crippen LogP contribution in [0.3, 0.4) is 0 Å². The number of aromatic amines is 1. The molecule has 0 spiro atoms. The lowest BCUT2D eigenvalue weighted by atomic mass is 10.2. The molecule has 0 aliphatic carbocycles. The number of H-pyrrole nitrogens is 1. The van der Waals surface area contributed by atoms with E-state index >= 15 is 0 Å². The Hall–Kier alpha value is -2.78. The molecule has 0 aromatic carbocycles. The number of aromatic nitrogens is 2. The van der Waals surface area contributed by atoms with Gasteiger partial charge in [0.1, 0.15) is 23.7 Å². The van der Waals surface area contributed by atoms with Crippen molar-refractivity contribution in [3.63, 3.8) is 0 Å². The largest absolute Gasteiger partial charge is 0.444 e. The van der Waals surface area contributed by atoms with Gasteiger partial charge in [-0.1, -0.05) is 0 Å². The van der Waals surface area contributed by atoms with Crippen molar-refractivity contribution in [2.24, 2.45) is 7.05 Å². The first-order valence-electron chi connectivity index (χ1n) is 6.36. The highest BCUT2D eigenvalue weighted by molar-refractivity contribution is 5.95. The van der Waals surface area contributed by atoms with E-state index in [-0.39, 0.29) is 11.5 Å². The molecular weight excluding hydrogens is 294 g/mol. The van der Waals surface area contributed by atoms with Crippen LogP contribution in [0.2, 0.25) is 0 Å². The standard InChI is InChI=1S/C12H19N5O5/c1-12(2,3)22-11(21)14-5-6(18)15-7-8(13)17(4)10(20)16-9(7)19/h5,13H2,1-4H3,(H,14,21)(H,15,18)(H,16,19,20). The van der Waals surface area contributed by atoms with Crippen LogP contribution in [-0.2, 0) is 16.6 Å². The molecule has 0 bridgehead atoms. The Balaban J connectivity index is 2.72. The number of carbonyl (C=O) groups excluding carboxylic acids is 2. The molecule has 5 N–H and O–H groups in total. The topological polar surface area (TPSA) is 148 Å². The van der Waals surface area contributed by atoms with Crippen molar-refractivity contribution in [1.29, 1.82) is 0 Å². The second kappa shape index (κ2) is 6.33. The van der Waals surface area contributed by atoms with Gasteiger partial charge in [-0.3, -0.25) is 19.1 Å². The summed E-state index contributed by atoms with van der Waals surface area (Å²) >= 11 is 0. The number of nitrogens with zero attached hydrogens (tertiary/aromatic N) is 1. The Morgan fingerprint density at radius 2 is 1.91 bits per heavy atom. The minimum absolute atomic E-state index is 0.195. The molecule has 10 heteroatoms. The van der Waals surface area contributed by atoms with E-state index in [4.69, 9.17) is 10.5 Å². The maximum Gasteiger partial charge on any atom is 0.408 e. The number of nitrogens with two attached hydrogens (primary N) is 1. The molecule has 0 radical (unpaired) electrons. The van der Waals surface area contributed by atoms with Crippen LogP contribution in [0.5, 0.6) is 0 Å². The Kier molecular flexibility index (Phi) is 4.97. The molecule has 0 unspecified atom stereocenters. The first-order chi connectivity index (χ1) is 10.0. The monoisotopic (exact) mass is 313 g/mol. The Labute approximate surface area is 125 Å². The summed E-state index contributed by atoms with van der Waals surface area (Å²) in [5.41, 5.74) is 3.10. The molecule has 10 nitrogen and oxygen atoms in total. The first kappa shape index (κ1) is 17.3. The Bertz CT molecular complexity index is 697. The third-order valence-corrected chi connectivity index (χ3v) is 2.43. The van der Waals surface area contributed by atoms with Crippen LogP contribution >= 0.6 is 0 Å². The van der Waals surface area contributed by atoms with Gasteiger partial charge in [0.15, 0.2) is 0 Å². The summed E-state index contributed by atoms with van der Waals surface area (Å²) in [7, 11) is 1.34. The van der Waals surface area contributed by atoms with Gasteiger partial charge < -0.3 is 21.1 Å². The molecule has 1 heterocycles. The van der Waals surface area contributed by atoms with Crippen LogP contribution in [0.15, 0.2) is 9.59 Å². The van der Waals surface area contributed by atoms with Crippen LogP contribution < -0.4 is 27.6 Å². The number of hydrogen-bond acceptors (Lipinski definition) is 6. The van der Waals surface area contributed by atoms with E-state index in [1.165, 1.54) is 7.05 Å². The summed E-state index contributed by atoms with van der Waals surface area (Å²) in [5, 5.41) is 4.46. The first-order valence-corrected chi connectivity index (χ1v) is 6.36. The third kappa shape index (κ3) is 4.65. The molecule has 0 saturated heterocycles. The minimum atomic E-state index is -0.828. The number of nitrogen functional groups attached to an aromatic ring is 1. The predicted octanol–water partition coefficient (Wildman–Crippen LogP) is -0.881. The molecule has 22 heavy (non-hydrogen) atoms. The van der Waals surface area contributed by atoms with E-state index in [9.17, 15) is 19.2 Å². The number of rotatable bonds is 3. The van der Waals surface area contributed by atoms with Crippen LogP contribution in [0.4, 0.5) is 16.3 Å². The van der Waals surface area contributed by atoms with Gasteiger partial charge >= 0.3 is 11.8 Å². The van der Waals surface area contributed by atoms with Crippen molar-refractivity contribution in [3.05, 3.63) is 20.8 Å². The molecule has 0 atom stereocenters. The van der Waals surface area contributed by atoms with Gasteiger partial charge in [-0.25, -0.2) is 9.59 Å².